The van der Waals surface area contributed by atoms with Gasteiger partial charge < -0.3 is 15.5 Å². The van der Waals surface area contributed by atoms with Gasteiger partial charge in [0.05, 0.1) is 0 Å². The molecule has 1 fully saturated rings. The molecule has 2 rings (SSSR count). The molecule has 0 aliphatic carbocycles. The van der Waals surface area contributed by atoms with E-state index in [2.05, 4.69) is 15.5 Å². The molecular formula is C17H26ClN3O2. The lowest BCUT2D eigenvalue weighted by atomic mass is 10.1. The molecule has 5 nitrogen and oxygen atoms in total. The summed E-state index contributed by atoms with van der Waals surface area (Å²) in [5.41, 5.74) is 0.675. The van der Waals surface area contributed by atoms with E-state index in [1.54, 1.807) is 12.1 Å². The number of nitrogens with zero attached hydrogens (tertiary/aromatic N) is 1. The first kappa shape index (κ1) is 19.6. The zero-order valence-electron chi connectivity index (χ0n) is 13.4. The van der Waals surface area contributed by atoms with E-state index < -0.39 is 0 Å². The number of nitrogens with one attached hydrogen (secondary N) is 2. The van der Waals surface area contributed by atoms with Gasteiger partial charge in [0.25, 0.3) is 0 Å². The number of hydrogen-bond acceptors (Lipinski definition) is 4. The van der Waals surface area contributed by atoms with Crippen molar-refractivity contribution in [1.29, 1.82) is 0 Å². The molecule has 0 radical (unpaired) electrons. The lowest BCUT2D eigenvalue weighted by Gasteiger charge is -2.27. The van der Waals surface area contributed by atoms with Crippen LogP contribution >= 0.6 is 12.4 Å². The van der Waals surface area contributed by atoms with Crippen LogP contribution in [0.1, 0.15) is 29.6 Å². The van der Waals surface area contributed by atoms with Crippen LogP contribution in [0.15, 0.2) is 30.3 Å². The van der Waals surface area contributed by atoms with Gasteiger partial charge in [-0.15, -0.1) is 12.4 Å². The number of halogens is 1. The van der Waals surface area contributed by atoms with Crippen LogP contribution in [0, 0.1) is 0 Å². The maximum Gasteiger partial charge on any atom is 0.220 e. The molecule has 0 atom stereocenters. The Balaban J connectivity index is 0.00000264. The van der Waals surface area contributed by atoms with Gasteiger partial charge >= 0.3 is 0 Å². The predicted octanol–water partition coefficient (Wildman–Crippen LogP) is 1.48. The van der Waals surface area contributed by atoms with Gasteiger partial charge in [-0.2, -0.15) is 0 Å². The van der Waals surface area contributed by atoms with E-state index in [-0.39, 0.29) is 36.9 Å². The van der Waals surface area contributed by atoms with E-state index in [1.807, 2.05) is 18.2 Å². The summed E-state index contributed by atoms with van der Waals surface area (Å²) >= 11 is 0. The molecule has 23 heavy (non-hydrogen) atoms. The smallest absolute Gasteiger partial charge is 0.220 e. The molecule has 0 spiro atoms. The number of carbonyl (C=O) groups excluding carboxylic acids is 2. The third-order valence-electron chi connectivity index (χ3n) is 3.86. The molecular weight excluding hydrogens is 314 g/mol. The van der Waals surface area contributed by atoms with Crippen LogP contribution in [0.5, 0.6) is 0 Å². The molecule has 1 amide bonds. The molecule has 1 heterocycles. The van der Waals surface area contributed by atoms with Crippen molar-refractivity contribution in [3.8, 4) is 0 Å². The maximum atomic E-state index is 11.9. The highest BCUT2D eigenvalue weighted by atomic mass is 35.5. The first-order chi connectivity index (χ1) is 10.8. The fraction of sp³-hybridized carbons (Fsp3) is 0.529. The number of hydrogen-bond donors (Lipinski definition) is 2. The highest BCUT2D eigenvalue weighted by molar-refractivity contribution is 5.97. The minimum atomic E-state index is -0.0374. The number of rotatable bonds is 8. The van der Waals surface area contributed by atoms with Gasteiger partial charge in [-0.3, -0.25) is 9.59 Å². The van der Waals surface area contributed by atoms with Crippen molar-refractivity contribution in [2.75, 3.05) is 39.3 Å². The first-order valence-corrected chi connectivity index (χ1v) is 8.04. The summed E-state index contributed by atoms with van der Waals surface area (Å²) in [6.07, 6.45) is 1.49. The SMILES string of the molecule is Cl.O=C(CCC(=O)c1ccccc1)NCCCN1CCNCC1. The Kier molecular flexibility index (Phi) is 9.52. The molecule has 128 valence electrons. The topological polar surface area (TPSA) is 61.4 Å². The van der Waals surface area contributed by atoms with Crippen LogP contribution in [0.25, 0.3) is 0 Å². The van der Waals surface area contributed by atoms with Crippen molar-refractivity contribution in [2.24, 2.45) is 0 Å². The third kappa shape index (κ3) is 7.59. The van der Waals surface area contributed by atoms with Crippen LogP contribution in [0.3, 0.4) is 0 Å². The van der Waals surface area contributed by atoms with E-state index in [0.29, 0.717) is 12.1 Å². The molecule has 6 heteroatoms. The molecule has 0 unspecified atom stereocenters. The van der Waals surface area contributed by atoms with Crippen molar-refractivity contribution >= 4 is 24.1 Å². The highest BCUT2D eigenvalue weighted by Crippen LogP contribution is 2.04. The van der Waals surface area contributed by atoms with Gasteiger partial charge in [0.15, 0.2) is 5.78 Å². The number of Topliss-reactive ketones (excluding diaryl/α,β-unsaturated/α-hetero) is 1. The lowest BCUT2D eigenvalue weighted by Crippen LogP contribution is -2.44. The fourth-order valence-corrected chi connectivity index (χ4v) is 2.55. The predicted molar refractivity (Wildman–Crippen MR) is 94.2 cm³/mol. The van der Waals surface area contributed by atoms with Crippen LogP contribution < -0.4 is 10.6 Å². The fourth-order valence-electron chi connectivity index (χ4n) is 2.55. The van der Waals surface area contributed by atoms with Gasteiger partial charge in [0.2, 0.25) is 5.91 Å². The third-order valence-corrected chi connectivity index (χ3v) is 3.86. The molecule has 1 aliphatic rings. The van der Waals surface area contributed by atoms with Gasteiger partial charge in [-0.05, 0) is 13.0 Å². The Bertz CT molecular complexity index is 476. The number of carbonyl (C=O) groups is 2. The van der Waals surface area contributed by atoms with Crippen molar-refractivity contribution in [3.63, 3.8) is 0 Å². The average molecular weight is 340 g/mol. The zero-order valence-corrected chi connectivity index (χ0v) is 14.2. The maximum absolute atomic E-state index is 11.9. The van der Waals surface area contributed by atoms with Gasteiger partial charge in [-0.25, -0.2) is 0 Å². The normalized spacial score (nSPS) is 14.8. The lowest BCUT2D eigenvalue weighted by molar-refractivity contribution is -0.121. The molecule has 0 bridgehead atoms. The van der Waals surface area contributed by atoms with E-state index >= 15 is 0 Å². The summed E-state index contributed by atoms with van der Waals surface area (Å²) in [4.78, 5) is 26.0. The summed E-state index contributed by atoms with van der Waals surface area (Å²) in [6.45, 7) is 5.97. The Morgan fingerprint density at radius 2 is 1.78 bits per heavy atom. The summed E-state index contributed by atoms with van der Waals surface area (Å²) < 4.78 is 0. The second kappa shape index (κ2) is 11.2. The second-order valence-electron chi connectivity index (χ2n) is 5.58. The summed E-state index contributed by atoms with van der Waals surface area (Å²) in [7, 11) is 0. The molecule has 2 N–H and O–H groups in total. The van der Waals surface area contributed by atoms with Crippen molar-refractivity contribution in [1.82, 2.24) is 15.5 Å². The second-order valence-corrected chi connectivity index (χ2v) is 5.58. The number of piperazine rings is 1. The van der Waals surface area contributed by atoms with Gasteiger partial charge in [0, 0.05) is 51.1 Å². The highest BCUT2D eigenvalue weighted by Gasteiger charge is 2.10. The summed E-state index contributed by atoms with van der Waals surface area (Å²) in [5, 5.41) is 6.22. The summed E-state index contributed by atoms with van der Waals surface area (Å²) in [5.74, 6) is -0.0128. The van der Waals surface area contributed by atoms with Crippen LogP contribution in [-0.4, -0.2) is 55.9 Å². The number of benzene rings is 1. The van der Waals surface area contributed by atoms with Crippen molar-refractivity contribution < 1.29 is 9.59 Å². The molecule has 1 saturated heterocycles. The minimum absolute atomic E-state index is 0. The largest absolute Gasteiger partial charge is 0.356 e. The Hall–Kier alpha value is -1.43. The zero-order chi connectivity index (χ0) is 15.6. The van der Waals surface area contributed by atoms with E-state index in [0.717, 1.165) is 39.1 Å². The Labute approximate surface area is 144 Å². The number of amides is 1. The first-order valence-electron chi connectivity index (χ1n) is 8.04. The van der Waals surface area contributed by atoms with Crippen LogP contribution in [0.4, 0.5) is 0 Å². The molecule has 1 aromatic rings. The standard InChI is InChI=1S/C17H25N3O2.ClH/c21-16(15-5-2-1-3-6-15)7-8-17(22)19-9-4-12-20-13-10-18-11-14-20;/h1-3,5-6,18H,4,7-14H2,(H,19,22);1H. The quantitative estimate of drug-likeness (QED) is 0.556. The molecule has 1 aliphatic heterocycles. The van der Waals surface area contributed by atoms with Crippen LogP contribution in [-0.2, 0) is 4.79 Å². The van der Waals surface area contributed by atoms with E-state index in [4.69, 9.17) is 0 Å². The van der Waals surface area contributed by atoms with Crippen molar-refractivity contribution in [2.45, 2.75) is 19.3 Å². The number of ketones is 1. The average Bonchev–Trinajstić information content (AvgIpc) is 2.58. The molecule has 1 aromatic carbocycles. The molecule has 0 saturated carbocycles. The Morgan fingerprint density at radius 3 is 2.48 bits per heavy atom. The van der Waals surface area contributed by atoms with E-state index in [9.17, 15) is 9.59 Å². The Morgan fingerprint density at radius 1 is 1.09 bits per heavy atom. The minimum Gasteiger partial charge on any atom is -0.356 e. The van der Waals surface area contributed by atoms with Crippen molar-refractivity contribution in [3.05, 3.63) is 35.9 Å². The molecule has 0 aromatic heterocycles. The monoisotopic (exact) mass is 339 g/mol. The van der Waals surface area contributed by atoms with E-state index in [1.165, 1.54) is 0 Å². The summed E-state index contributed by atoms with van der Waals surface area (Å²) in [6, 6.07) is 9.12. The van der Waals surface area contributed by atoms with Crippen LogP contribution in [0.2, 0.25) is 0 Å². The van der Waals surface area contributed by atoms with Gasteiger partial charge in [-0.1, -0.05) is 30.3 Å². The van der Waals surface area contributed by atoms with Gasteiger partial charge in [0.1, 0.15) is 0 Å².